The van der Waals surface area contributed by atoms with Crippen molar-refractivity contribution in [2.45, 2.75) is 106 Å². The van der Waals surface area contributed by atoms with Crippen molar-refractivity contribution in [3.8, 4) is 0 Å². The van der Waals surface area contributed by atoms with Crippen LogP contribution in [0.2, 0.25) is 0 Å². The number of hydrogen-bond acceptors (Lipinski definition) is 14. The molecular formula is C20H35NO14. The minimum absolute atomic E-state index is 0.0739. The van der Waals surface area contributed by atoms with Crippen molar-refractivity contribution in [3.05, 3.63) is 0 Å². The molecule has 35 heavy (non-hydrogen) atoms. The Bertz CT molecular complexity index is 701. The molecule has 3 saturated heterocycles. The number of rotatable bonds is 7. The third-order valence-electron chi connectivity index (χ3n) is 6.31. The lowest BCUT2D eigenvalue weighted by atomic mass is 9.94. The number of ether oxygens (including phenoxy) is 5. The summed E-state index contributed by atoms with van der Waals surface area (Å²) < 4.78 is 28.0. The molecule has 0 bridgehead atoms. The van der Waals surface area contributed by atoms with Crippen LogP contribution in [0.1, 0.15) is 20.3 Å². The molecule has 3 aliphatic rings. The monoisotopic (exact) mass is 513 g/mol. The Kier molecular flexibility index (Phi) is 9.78. The van der Waals surface area contributed by atoms with E-state index in [1.807, 2.05) is 0 Å². The van der Waals surface area contributed by atoms with Crippen molar-refractivity contribution in [3.63, 3.8) is 0 Å². The molecule has 0 aromatic carbocycles. The molecule has 0 saturated carbocycles. The first kappa shape index (κ1) is 28.5. The number of nitrogens with one attached hydrogen (secondary N) is 1. The smallest absolute Gasteiger partial charge is 0.217 e. The summed E-state index contributed by atoms with van der Waals surface area (Å²) >= 11 is 0. The molecule has 1 amide bonds. The van der Waals surface area contributed by atoms with Gasteiger partial charge in [-0.3, -0.25) is 4.79 Å². The first-order valence-corrected chi connectivity index (χ1v) is 11.3. The lowest BCUT2D eigenvalue weighted by Crippen LogP contribution is -2.69. The van der Waals surface area contributed by atoms with Crippen molar-refractivity contribution in [2.24, 2.45) is 0 Å². The Balaban J connectivity index is 1.91. The molecule has 0 spiro atoms. The van der Waals surface area contributed by atoms with Gasteiger partial charge in [-0.15, -0.1) is 0 Å². The molecule has 0 aromatic rings. The van der Waals surface area contributed by atoms with E-state index in [1.165, 1.54) is 6.92 Å². The molecular weight excluding hydrogens is 478 g/mol. The van der Waals surface area contributed by atoms with Crippen LogP contribution in [0.25, 0.3) is 0 Å². The van der Waals surface area contributed by atoms with Gasteiger partial charge < -0.3 is 69.9 Å². The average molecular weight is 513 g/mol. The maximum atomic E-state index is 11.8. The molecule has 15 heteroatoms. The number of aliphatic hydroxyl groups excluding tert-OH is 8. The van der Waals surface area contributed by atoms with Crippen LogP contribution in [0.5, 0.6) is 0 Å². The highest BCUT2D eigenvalue weighted by Gasteiger charge is 2.53. The van der Waals surface area contributed by atoms with E-state index in [1.54, 1.807) is 0 Å². The van der Waals surface area contributed by atoms with Gasteiger partial charge in [-0.2, -0.15) is 0 Å². The number of aliphatic hydroxyl groups is 8. The van der Waals surface area contributed by atoms with E-state index >= 15 is 0 Å². The van der Waals surface area contributed by atoms with Gasteiger partial charge in [0.05, 0.1) is 31.5 Å². The summed E-state index contributed by atoms with van der Waals surface area (Å²) in [4.78, 5) is 11.8. The fourth-order valence-electron chi connectivity index (χ4n) is 4.36. The fraction of sp³-hybridized carbons (Fsp3) is 0.950. The predicted molar refractivity (Wildman–Crippen MR) is 110 cm³/mol. The quantitative estimate of drug-likeness (QED) is 0.155. The molecule has 15 nitrogen and oxygen atoms in total. The molecule has 0 aliphatic carbocycles. The predicted octanol–water partition coefficient (Wildman–Crippen LogP) is -5.37. The van der Waals surface area contributed by atoms with E-state index in [9.17, 15) is 45.6 Å². The lowest BCUT2D eigenvalue weighted by Gasteiger charge is -2.49. The first-order chi connectivity index (χ1) is 16.5. The SMILES string of the molecule is CC(=O)N[C@H]1[C@@H](O[C@@H]2O[C@@H](C)[C@@H](O)[C@@H](O)[C@@H]2O)[C@H](O[C@@H]2O[C@H](CO)C[C@H](O)[C@H]2O)[C@@H](CO)O[C@H]1O. The molecule has 204 valence electrons. The Labute approximate surface area is 200 Å². The maximum Gasteiger partial charge on any atom is 0.217 e. The van der Waals surface area contributed by atoms with E-state index in [0.29, 0.717) is 0 Å². The Morgan fingerprint density at radius 1 is 0.857 bits per heavy atom. The van der Waals surface area contributed by atoms with Crippen LogP contribution in [0.3, 0.4) is 0 Å². The van der Waals surface area contributed by atoms with Gasteiger partial charge in [0, 0.05) is 13.3 Å². The van der Waals surface area contributed by atoms with Gasteiger partial charge in [0.15, 0.2) is 18.9 Å². The standard InChI is InChI=1S/C20H35NO14/c1-6-12(26)14(28)15(29)20(31-6)35-17-11(21-7(2)24)18(30)33-10(5-23)16(17)34-19-13(27)9(25)3-8(4-22)32-19/h6,8-20,22-23,25-30H,3-5H2,1-2H3,(H,21,24)/t6-,8-,9-,10+,11-,12+,13+,14+,15-,16+,17+,18+,19-,20-/m0/s1. The highest BCUT2D eigenvalue weighted by atomic mass is 16.7. The van der Waals surface area contributed by atoms with Crippen LogP contribution in [-0.2, 0) is 28.5 Å². The number of carbonyl (C=O) groups is 1. The lowest BCUT2D eigenvalue weighted by molar-refractivity contribution is -0.364. The first-order valence-electron chi connectivity index (χ1n) is 11.3. The minimum atomic E-state index is -1.75. The van der Waals surface area contributed by atoms with Gasteiger partial charge in [-0.1, -0.05) is 0 Å². The van der Waals surface area contributed by atoms with E-state index < -0.39 is 105 Å². The number of amides is 1. The highest BCUT2D eigenvalue weighted by molar-refractivity contribution is 5.73. The van der Waals surface area contributed by atoms with Crippen LogP contribution in [0.15, 0.2) is 0 Å². The van der Waals surface area contributed by atoms with Crippen LogP contribution in [-0.4, -0.2) is 146 Å². The molecule has 0 aromatic heterocycles. The van der Waals surface area contributed by atoms with Crippen LogP contribution in [0, 0.1) is 0 Å². The van der Waals surface area contributed by atoms with Crippen molar-refractivity contribution in [2.75, 3.05) is 13.2 Å². The average Bonchev–Trinajstić information content (AvgIpc) is 2.81. The van der Waals surface area contributed by atoms with E-state index in [2.05, 4.69) is 5.32 Å². The van der Waals surface area contributed by atoms with E-state index in [4.69, 9.17) is 23.7 Å². The van der Waals surface area contributed by atoms with Gasteiger partial charge in [-0.05, 0) is 6.92 Å². The van der Waals surface area contributed by atoms with Gasteiger partial charge in [-0.25, -0.2) is 0 Å². The largest absolute Gasteiger partial charge is 0.394 e. The zero-order chi connectivity index (χ0) is 26.0. The molecule has 3 aliphatic heterocycles. The third kappa shape index (κ3) is 6.27. The summed E-state index contributed by atoms with van der Waals surface area (Å²) in [5.41, 5.74) is 0. The second kappa shape index (κ2) is 12.0. The van der Waals surface area contributed by atoms with Crippen LogP contribution in [0.4, 0.5) is 0 Å². The van der Waals surface area contributed by atoms with E-state index in [0.717, 1.165) is 6.92 Å². The maximum absolute atomic E-state index is 11.8. The van der Waals surface area contributed by atoms with Crippen LogP contribution >= 0.6 is 0 Å². The van der Waals surface area contributed by atoms with Gasteiger partial charge in [0.25, 0.3) is 0 Å². The molecule has 0 unspecified atom stereocenters. The Morgan fingerprint density at radius 3 is 2.09 bits per heavy atom. The second-order valence-electron chi connectivity index (χ2n) is 8.96. The molecule has 9 N–H and O–H groups in total. The Hall–Kier alpha value is -1.05. The highest BCUT2D eigenvalue weighted by Crippen LogP contribution is 2.32. The molecule has 14 atom stereocenters. The normalized spacial score (nSPS) is 49.0. The van der Waals surface area contributed by atoms with Crippen LogP contribution < -0.4 is 5.32 Å². The summed E-state index contributed by atoms with van der Waals surface area (Å²) in [7, 11) is 0. The van der Waals surface area contributed by atoms with Gasteiger partial charge >= 0.3 is 0 Å². The van der Waals surface area contributed by atoms with Gasteiger partial charge in [0.2, 0.25) is 5.91 Å². The van der Waals surface area contributed by atoms with Crippen molar-refractivity contribution >= 4 is 5.91 Å². The second-order valence-corrected chi connectivity index (χ2v) is 8.96. The molecule has 3 heterocycles. The van der Waals surface area contributed by atoms with Crippen molar-refractivity contribution in [1.29, 1.82) is 0 Å². The minimum Gasteiger partial charge on any atom is -0.394 e. The number of carbonyl (C=O) groups excluding carboxylic acids is 1. The Morgan fingerprint density at radius 2 is 1.49 bits per heavy atom. The third-order valence-corrected chi connectivity index (χ3v) is 6.31. The van der Waals surface area contributed by atoms with Crippen molar-refractivity contribution in [1.82, 2.24) is 5.32 Å². The number of hydrogen-bond donors (Lipinski definition) is 9. The summed E-state index contributed by atoms with van der Waals surface area (Å²) in [6, 6.07) is -1.35. The summed E-state index contributed by atoms with van der Waals surface area (Å²) in [5, 5.41) is 83.2. The molecule has 3 rings (SSSR count). The van der Waals surface area contributed by atoms with Crippen molar-refractivity contribution < 1.29 is 69.3 Å². The van der Waals surface area contributed by atoms with E-state index in [-0.39, 0.29) is 6.42 Å². The summed E-state index contributed by atoms with van der Waals surface area (Å²) in [6.07, 6.45) is -18.6. The fourth-order valence-corrected chi connectivity index (χ4v) is 4.36. The summed E-state index contributed by atoms with van der Waals surface area (Å²) in [6.45, 7) is 1.37. The molecule has 3 fully saturated rings. The zero-order valence-electron chi connectivity index (χ0n) is 19.2. The topological polar surface area (TPSA) is 237 Å². The summed E-state index contributed by atoms with van der Waals surface area (Å²) in [5.74, 6) is -0.605. The molecule has 0 radical (unpaired) electrons. The zero-order valence-corrected chi connectivity index (χ0v) is 19.2. The van der Waals surface area contributed by atoms with Gasteiger partial charge in [0.1, 0.15) is 48.8 Å².